The number of aryl methyl sites for hydroxylation is 2. The molecule has 1 unspecified atom stereocenters. The molecule has 2 heterocycles. The molecule has 0 saturated carbocycles. The van der Waals surface area contributed by atoms with Crippen LogP contribution in [-0.4, -0.2) is 22.9 Å². The minimum atomic E-state index is 0.147. The lowest BCUT2D eigenvalue weighted by molar-refractivity contribution is 0.212. The van der Waals surface area contributed by atoms with E-state index in [9.17, 15) is 0 Å². The second kappa shape index (κ2) is 6.05. The van der Waals surface area contributed by atoms with E-state index in [1.165, 1.54) is 5.69 Å². The van der Waals surface area contributed by atoms with Crippen molar-refractivity contribution in [2.24, 2.45) is 0 Å². The van der Waals surface area contributed by atoms with Crippen molar-refractivity contribution in [3.05, 3.63) is 29.3 Å². The van der Waals surface area contributed by atoms with Gasteiger partial charge in [-0.2, -0.15) is 5.10 Å². The average Bonchev–Trinajstić information content (AvgIpc) is 2.99. The van der Waals surface area contributed by atoms with Gasteiger partial charge in [-0.05, 0) is 39.0 Å². The van der Waals surface area contributed by atoms with Crippen molar-refractivity contribution in [2.45, 2.75) is 46.2 Å². The fraction of sp³-hybridized carbons (Fsp3) is 0.643. The van der Waals surface area contributed by atoms with Crippen molar-refractivity contribution in [3.63, 3.8) is 0 Å². The van der Waals surface area contributed by atoms with Crippen LogP contribution >= 0.6 is 0 Å². The van der Waals surface area contributed by atoms with Gasteiger partial charge in [-0.1, -0.05) is 6.92 Å². The van der Waals surface area contributed by atoms with E-state index in [0.29, 0.717) is 0 Å². The highest BCUT2D eigenvalue weighted by Gasteiger charge is 2.23. The third-order valence-corrected chi connectivity index (χ3v) is 3.14. The SMILES string of the molecule is CCCNC(C1=CCCO1)c1cc(C)nn1CC. The molecule has 0 amide bonds. The Hall–Kier alpha value is -1.29. The molecule has 1 aromatic rings. The Balaban J connectivity index is 2.26. The third kappa shape index (κ3) is 2.75. The van der Waals surface area contributed by atoms with Crippen molar-refractivity contribution in [2.75, 3.05) is 13.2 Å². The monoisotopic (exact) mass is 249 g/mol. The number of aromatic nitrogens is 2. The standard InChI is InChI=1S/C14H23N3O/c1-4-8-15-14(13-7-6-9-18-13)12-10-11(3)16-17(12)5-2/h7,10,14-15H,4-6,8-9H2,1-3H3. The van der Waals surface area contributed by atoms with E-state index in [0.717, 1.165) is 44.0 Å². The number of hydrogen-bond acceptors (Lipinski definition) is 3. The summed E-state index contributed by atoms with van der Waals surface area (Å²) in [5.41, 5.74) is 2.27. The molecular formula is C14H23N3O. The Bertz CT molecular complexity index is 423. The molecule has 0 radical (unpaired) electrons. The van der Waals surface area contributed by atoms with Gasteiger partial charge in [0.25, 0.3) is 0 Å². The van der Waals surface area contributed by atoms with Gasteiger partial charge in [-0.3, -0.25) is 4.68 Å². The Morgan fingerprint density at radius 2 is 2.33 bits per heavy atom. The Labute approximate surface area is 109 Å². The summed E-state index contributed by atoms with van der Waals surface area (Å²) >= 11 is 0. The van der Waals surface area contributed by atoms with E-state index in [1.807, 2.05) is 6.92 Å². The molecule has 4 heteroatoms. The van der Waals surface area contributed by atoms with Crippen molar-refractivity contribution in [1.29, 1.82) is 0 Å². The van der Waals surface area contributed by atoms with Crippen LogP contribution in [0.4, 0.5) is 0 Å². The molecule has 2 rings (SSSR count). The first-order valence-corrected chi connectivity index (χ1v) is 6.86. The minimum absolute atomic E-state index is 0.147. The van der Waals surface area contributed by atoms with Crippen LogP contribution in [-0.2, 0) is 11.3 Å². The predicted octanol–water partition coefficient (Wildman–Crippen LogP) is 2.56. The molecule has 0 saturated heterocycles. The predicted molar refractivity (Wildman–Crippen MR) is 72.3 cm³/mol. The van der Waals surface area contributed by atoms with Crippen LogP contribution in [0.1, 0.15) is 44.1 Å². The quantitative estimate of drug-likeness (QED) is 0.842. The maximum Gasteiger partial charge on any atom is 0.115 e. The molecule has 0 spiro atoms. The van der Waals surface area contributed by atoms with Crippen LogP contribution in [0, 0.1) is 6.92 Å². The zero-order valence-electron chi connectivity index (χ0n) is 11.6. The molecule has 1 aromatic heterocycles. The third-order valence-electron chi connectivity index (χ3n) is 3.14. The number of nitrogens with zero attached hydrogens (tertiary/aromatic N) is 2. The first kappa shape index (κ1) is 13.1. The summed E-state index contributed by atoms with van der Waals surface area (Å²) in [6.45, 7) is 9.02. The lowest BCUT2D eigenvalue weighted by Gasteiger charge is -2.20. The molecule has 18 heavy (non-hydrogen) atoms. The van der Waals surface area contributed by atoms with E-state index in [-0.39, 0.29) is 6.04 Å². The molecule has 0 aliphatic carbocycles. The fourth-order valence-corrected chi connectivity index (χ4v) is 2.33. The van der Waals surface area contributed by atoms with Crippen LogP contribution in [0.5, 0.6) is 0 Å². The Morgan fingerprint density at radius 3 is 2.94 bits per heavy atom. The van der Waals surface area contributed by atoms with Gasteiger partial charge in [0.1, 0.15) is 11.8 Å². The van der Waals surface area contributed by atoms with Crippen molar-refractivity contribution < 1.29 is 4.74 Å². The van der Waals surface area contributed by atoms with Crippen LogP contribution in [0.25, 0.3) is 0 Å². The molecular weight excluding hydrogens is 226 g/mol. The highest BCUT2D eigenvalue weighted by molar-refractivity contribution is 5.23. The fourth-order valence-electron chi connectivity index (χ4n) is 2.33. The second-order valence-electron chi connectivity index (χ2n) is 4.66. The van der Waals surface area contributed by atoms with Gasteiger partial charge in [0.2, 0.25) is 0 Å². The van der Waals surface area contributed by atoms with Gasteiger partial charge >= 0.3 is 0 Å². The Kier molecular flexibility index (Phi) is 4.42. The van der Waals surface area contributed by atoms with Gasteiger partial charge < -0.3 is 10.1 Å². The maximum atomic E-state index is 5.73. The summed E-state index contributed by atoms with van der Waals surface area (Å²) in [5.74, 6) is 1.05. The summed E-state index contributed by atoms with van der Waals surface area (Å²) in [4.78, 5) is 0. The van der Waals surface area contributed by atoms with Crippen LogP contribution in [0.3, 0.4) is 0 Å². The zero-order valence-corrected chi connectivity index (χ0v) is 11.6. The number of hydrogen-bond donors (Lipinski definition) is 1. The number of nitrogens with one attached hydrogen (secondary N) is 1. The van der Waals surface area contributed by atoms with Crippen molar-refractivity contribution in [1.82, 2.24) is 15.1 Å². The van der Waals surface area contributed by atoms with Crippen LogP contribution in [0.15, 0.2) is 17.9 Å². The molecule has 100 valence electrons. The van der Waals surface area contributed by atoms with Gasteiger partial charge in [-0.15, -0.1) is 0 Å². The Morgan fingerprint density at radius 1 is 1.50 bits per heavy atom. The van der Waals surface area contributed by atoms with Gasteiger partial charge in [0, 0.05) is 13.0 Å². The van der Waals surface area contributed by atoms with E-state index in [2.05, 4.69) is 41.1 Å². The van der Waals surface area contributed by atoms with Gasteiger partial charge in [0.05, 0.1) is 18.0 Å². The minimum Gasteiger partial charge on any atom is -0.496 e. The molecule has 1 aliphatic rings. The molecule has 4 nitrogen and oxygen atoms in total. The van der Waals surface area contributed by atoms with Crippen LogP contribution < -0.4 is 5.32 Å². The van der Waals surface area contributed by atoms with Gasteiger partial charge in [-0.25, -0.2) is 0 Å². The highest BCUT2D eigenvalue weighted by Crippen LogP contribution is 2.27. The zero-order chi connectivity index (χ0) is 13.0. The van der Waals surface area contributed by atoms with Crippen molar-refractivity contribution in [3.8, 4) is 0 Å². The first-order chi connectivity index (χ1) is 8.76. The lowest BCUT2D eigenvalue weighted by Crippen LogP contribution is -2.26. The molecule has 1 aliphatic heterocycles. The smallest absolute Gasteiger partial charge is 0.115 e. The molecule has 1 N–H and O–H groups in total. The number of rotatable bonds is 6. The molecule has 0 bridgehead atoms. The first-order valence-electron chi connectivity index (χ1n) is 6.86. The summed E-state index contributed by atoms with van der Waals surface area (Å²) < 4.78 is 7.79. The van der Waals surface area contributed by atoms with E-state index < -0.39 is 0 Å². The van der Waals surface area contributed by atoms with E-state index in [1.54, 1.807) is 0 Å². The summed E-state index contributed by atoms with van der Waals surface area (Å²) in [6, 6.07) is 2.30. The van der Waals surface area contributed by atoms with Crippen molar-refractivity contribution >= 4 is 0 Å². The normalized spacial score (nSPS) is 16.5. The largest absolute Gasteiger partial charge is 0.496 e. The number of ether oxygens (including phenoxy) is 1. The molecule has 0 fully saturated rings. The topological polar surface area (TPSA) is 39.1 Å². The lowest BCUT2D eigenvalue weighted by atomic mass is 10.1. The second-order valence-corrected chi connectivity index (χ2v) is 4.66. The highest BCUT2D eigenvalue weighted by atomic mass is 16.5. The van der Waals surface area contributed by atoms with Gasteiger partial charge in [0.15, 0.2) is 0 Å². The van der Waals surface area contributed by atoms with E-state index in [4.69, 9.17) is 4.74 Å². The van der Waals surface area contributed by atoms with E-state index >= 15 is 0 Å². The summed E-state index contributed by atoms with van der Waals surface area (Å²) in [7, 11) is 0. The average molecular weight is 249 g/mol. The summed E-state index contributed by atoms with van der Waals surface area (Å²) in [6.07, 6.45) is 4.32. The summed E-state index contributed by atoms with van der Waals surface area (Å²) in [5, 5.41) is 8.08. The molecule has 0 aromatic carbocycles. The maximum absolute atomic E-state index is 5.73. The van der Waals surface area contributed by atoms with Crippen LogP contribution in [0.2, 0.25) is 0 Å². The molecule has 1 atom stereocenters.